The van der Waals surface area contributed by atoms with E-state index < -0.39 is 6.10 Å². The fourth-order valence-electron chi connectivity index (χ4n) is 5.78. The number of carbonyl (C=O) groups is 2. The largest absolute Gasteiger partial charge is 0.481 e. The zero-order valence-electron chi connectivity index (χ0n) is 16.4. The summed E-state index contributed by atoms with van der Waals surface area (Å²) in [4.78, 5) is 26.1. The van der Waals surface area contributed by atoms with Crippen LogP contribution in [-0.2, 0) is 26.2 Å². The van der Waals surface area contributed by atoms with Crippen molar-refractivity contribution in [3.8, 4) is 11.5 Å². The summed E-state index contributed by atoms with van der Waals surface area (Å²) in [5, 5.41) is 0. The lowest BCUT2D eigenvalue weighted by atomic mass is 9.53. The molecular weight excluding hydrogens is 358 g/mol. The number of likely N-dealkylation sites (tertiary alicyclic amines) is 1. The number of rotatable bonds is 3. The van der Waals surface area contributed by atoms with E-state index in [2.05, 4.69) is 24.1 Å². The van der Waals surface area contributed by atoms with Gasteiger partial charge in [0.2, 0.25) is 0 Å². The lowest BCUT2D eigenvalue weighted by Crippen LogP contribution is -2.65. The van der Waals surface area contributed by atoms with Crippen LogP contribution in [0.5, 0.6) is 11.5 Å². The van der Waals surface area contributed by atoms with Crippen LogP contribution in [0.3, 0.4) is 0 Å². The number of hydrogen-bond acceptors (Lipinski definition) is 6. The molecule has 4 aliphatic rings. The van der Waals surface area contributed by atoms with Crippen LogP contribution < -0.4 is 9.47 Å². The average molecular weight is 383 g/mol. The molecule has 0 saturated carbocycles. The highest BCUT2D eigenvalue weighted by atomic mass is 16.6. The van der Waals surface area contributed by atoms with Crippen molar-refractivity contribution < 1.29 is 23.8 Å². The summed E-state index contributed by atoms with van der Waals surface area (Å²) in [5.74, 6) is 0.830. The maximum absolute atomic E-state index is 12.0. The first-order valence-corrected chi connectivity index (χ1v) is 10.0. The van der Waals surface area contributed by atoms with Crippen LogP contribution in [0, 0.1) is 5.92 Å². The molecule has 2 aliphatic carbocycles. The molecule has 5 atom stereocenters. The average Bonchev–Trinajstić information content (AvgIpc) is 3.02. The molecule has 2 heterocycles. The van der Waals surface area contributed by atoms with Gasteiger partial charge in [0.15, 0.2) is 17.6 Å². The van der Waals surface area contributed by atoms with Crippen molar-refractivity contribution in [2.45, 2.75) is 56.8 Å². The highest BCUT2D eigenvalue weighted by Gasteiger charge is 2.65. The first-order chi connectivity index (χ1) is 13.5. The minimum atomic E-state index is -0.439. The molecule has 6 heteroatoms. The van der Waals surface area contributed by atoms with Gasteiger partial charge in [0.1, 0.15) is 6.10 Å². The Morgan fingerprint density at radius 3 is 2.89 bits per heavy atom. The Balaban J connectivity index is 1.68. The first kappa shape index (κ1) is 17.7. The Labute approximate surface area is 164 Å². The van der Waals surface area contributed by atoms with Crippen molar-refractivity contribution in [3.05, 3.63) is 35.4 Å². The molecule has 1 aromatic rings. The molecule has 28 heavy (non-hydrogen) atoms. The number of benzene rings is 1. The lowest BCUT2D eigenvalue weighted by Gasteiger charge is -2.56. The predicted octanol–water partition coefficient (Wildman–Crippen LogP) is 2.38. The highest BCUT2D eigenvalue weighted by molar-refractivity contribution is 5.74. The minimum Gasteiger partial charge on any atom is -0.481 e. The maximum atomic E-state index is 12.0. The van der Waals surface area contributed by atoms with Gasteiger partial charge in [-0.1, -0.05) is 19.1 Å². The molecule has 2 bridgehead atoms. The van der Waals surface area contributed by atoms with Crippen molar-refractivity contribution >= 4 is 11.9 Å². The number of ether oxygens (including phenoxy) is 3. The molecule has 1 saturated heterocycles. The van der Waals surface area contributed by atoms with E-state index in [1.54, 1.807) is 6.92 Å². The molecule has 0 radical (unpaired) electrons. The van der Waals surface area contributed by atoms with E-state index in [0.29, 0.717) is 24.0 Å². The fraction of sp³-hybridized carbons (Fsp3) is 0.545. The number of piperidine rings is 1. The van der Waals surface area contributed by atoms with Gasteiger partial charge in [0.25, 0.3) is 0 Å². The first-order valence-electron chi connectivity index (χ1n) is 10.0. The Bertz CT molecular complexity index is 893. The van der Waals surface area contributed by atoms with Crippen molar-refractivity contribution in [1.29, 1.82) is 0 Å². The van der Waals surface area contributed by atoms with Crippen molar-refractivity contribution in [3.63, 3.8) is 0 Å². The second kappa shape index (κ2) is 6.08. The Hall–Kier alpha value is -2.34. The lowest BCUT2D eigenvalue weighted by molar-refractivity contribution is -0.152. The second-order valence-electron chi connectivity index (χ2n) is 8.32. The van der Waals surface area contributed by atoms with Crippen LogP contribution in [0.1, 0.15) is 37.8 Å². The van der Waals surface area contributed by atoms with E-state index >= 15 is 0 Å². The van der Waals surface area contributed by atoms with E-state index in [9.17, 15) is 9.59 Å². The van der Waals surface area contributed by atoms with Gasteiger partial charge < -0.3 is 19.1 Å². The number of likely N-dealkylation sites (N-methyl/N-ethyl adjacent to an activating group) is 1. The van der Waals surface area contributed by atoms with Crippen molar-refractivity contribution in [1.82, 2.24) is 4.90 Å². The quantitative estimate of drug-likeness (QED) is 0.454. The fourth-order valence-corrected chi connectivity index (χ4v) is 5.78. The Kier molecular flexibility index (Phi) is 3.85. The summed E-state index contributed by atoms with van der Waals surface area (Å²) >= 11 is 0. The molecule has 2 unspecified atom stereocenters. The SMILES string of the molecule is CCC(=O)Oc1ccc2c3c1O[C@H]1[C@@H](OC(C)=O)C=CC4C(C2)N(C)CC[C@@]341. The summed E-state index contributed by atoms with van der Waals surface area (Å²) in [7, 11) is 2.18. The van der Waals surface area contributed by atoms with Gasteiger partial charge in [0, 0.05) is 36.3 Å². The van der Waals surface area contributed by atoms with Gasteiger partial charge in [-0.3, -0.25) is 9.59 Å². The third kappa shape index (κ3) is 2.24. The Morgan fingerprint density at radius 2 is 2.14 bits per heavy atom. The Morgan fingerprint density at radius 1 is 1.32 bits per heavy atom. The summed E-state index contributed by atoms with van der Waals surface area (Å²) in [6, 6.07) is 4.31. The molecular formula is C22H25NO5. The van der Waals surface area contributed by atoms with Gasteiger partial charge >= 0.3 is 11.9 Å². The van der Waals surface area contributed by atoms with Crippen LogP contribution >= 0.6 is 0 Å². The molecule has 1 fully saturated rings. The van der Waals surface area contributed by atoms with Gasteiger partial charge in [-0.25, -0.2) is 0 Å². The summed E-state index contributed by atoms with van der Waals surface area (Å²) in [6.45, 7) is 4.16. The monoisotopic (exact) mass is 383 g/mol. The van der Waals surface area contributed by atoms with E-state index in [1.807, 2.05) is 12.1 Å². The molecule has 0 aromatic heterocycles. The number of nitrogens with zero attached hydrogens (tertiary/aromatic N) is 1. The van der Waals surface area contributed by atoms with Crippen LogP contribution in [0.2, 0.25) is 0 Å². The smallest absolute Gasteiger partial charge is 0.311 e. The van der Waals surface area contributed by atoms with Crippen molar-refractivity contribution in [2.75, 3.05) is 13.6 Å². The topological polar surface area (TPSA) is 65.1 Å². The number of carbonyl (C=O) groups excluding carboxylic acids is 2. The van der Waals surface area contributed by atoms with Gasteiger partial charge in [0.05, 0.1) is 0 Å². The molecule has 2 aliphatic heterocycles. The highest BCUT2D eigenvalue weighted by Crippen LogP contribution is 2.62. The molecule has 5 rings (SSSR count). The minimum absolute atomic E-state index is 0.246. The third-order valence-electron chi connectivity index (χ3n) is 6.93. The predicted molar refractivity (Wildman–Crippen MR) is 101 cm³/mol. The van der Waals surface area contributed by atoms with Crippen LogP contribution in [-0.4, -0.2) is 48.7 Å². The van der Waals surface area contributed by atoms with E-state index in [4.69, 9.17) is 14.2 Å². The maximum Gasteiger partial charge on any atom is 0.311 e. The normalized spacial score (nSPS) is 34.4. The summed E-state index contributed by atoms with van der Waals surface area (Å²) < 4.78 is 17.7. The molecule has 0 amide bonds. The van der Waals surface area contributed by atoms with Crippen LogP contribution in [0.25, 0.3) is 0 Å². The van der Waals surface area contributed by atoms with E-state index in [1.165, 1.54) is 12.5 Å². The van der Waals surface area contributed by atoms with Crippen LogP contribution in [0.4, 0.5) is 0 Å². The summed E-state index contributed by atoms with van der Waals surface area (Å²) in [6.07, 6.45) is 5.63. The second-order valence-corrected chi connectivity index (χ2v) is 8.32. The van der Waals surface area contributed by atoms with Gasteiger partial charge in [-0.2, -0.15) is 0 Å². The molecule has 1 aromatic carbocycles. The summed E-state index contributed by atoms with van der Waals surface area (Å²) in [5.41, 5.74) is 2.16. The third-order valence-corrected chi connectivity index (χ3v) is 6.93. The molecule has 1 spiro atoms. The zero-order chi connectivity index (χ0) is 19.6. The van der Waals surface area contributed by atoms with Crippen molar-refractivity contribution in [2.24, 2.45) is 5.92 Å². The molecule has 0 N–H and O–H groups in total. The van der Waals surface area contributed by atoms with E-state index in [0.717, 1.165) is 24.9 Å². The number of esters is 2. The van der Waals surface area contributed by atoms with Crippen LogP contribution in [0.15, 0.2) is 24.3 Å². The molecule has 6 nitrogen and oxygen atoms in total. The van der Waals surface area contributed by atoms with E-state index in [-0.39, 0.29) is 29.4 Å². The standard InChI is InChI=1S/C22H25NO5/c1-4-18(25)27-16-7-5-13-11-15-14-6-8-17(26-12(2)24)21-22(14,9-10-23(15)3)19(13)20(16)28-21/h5-8,14-15,17,21H,4,9-11H2,1-3H3/t14?,15?,17-,21-,22-/m0/s1. The zero-order valence-corrected chi connectivity index (χ0v) is 16.4. The van der Waals surface area contributed by atoms with Gasteiger partial charge in [-0.15, -0.1) is 0 Å². The van der Waals surface area contributed by atoms with Gasteiger partial charge in [-0.05, 0) is 44.1 Å². The molecule has 148 valence electrons. The number of hydrogen-bond donors (Lipinski definition) is 0.